The Kier molecular flexibility index (Phi) is 9.21. The van der Waals surface area contributed by atoms with Gasteiger partial charge in [0.1, 0.15) is 0 Å². The molecular weight excluding hydrogens is 761 g/mol. The number of carboxylic acids is 4. The number of carboxylic acid groups (broad SMARTS) is 4. The van der Waals surface area contributed by atoms with Crippen LogP contribution in [-0.2, 0) is 12.8 Å². The van der Waals surface area contributed by atoms with Gasteiger partial charge in [-0.25, -0.2) is 24.2 Å². The van der Waals surface area contributed by atoms with Crippen molar-refractivity contribution >= 4 is 58.1 Å². The second kappa shape index (κ2) is 14.8. The Morgan fingerprint density at radius 1 is 0.367 bits per heavy atom. The van der Waals surface area contributed by atoms with Gasteiger partial charge in [-0.15, -0.1) is 0 Å². The normalized spacial score (nSPS) is 12.0. The fraction of sp³-hybridized carbons (Fsp3) is 0.0417. The zero-order valence-corrected chi connectivity index (χ0v) is 31.4. The zero-order valence-electron chi connectivity index (χ0n) is 31.4. The maximum Gasteiger partial charge on any atom is 0.335 e. The molecule has 6 N–H and O–H groups in total. The van der Waals surface area contributed by atoms with Crippen molar-refractivity contribution in [2.24, 2.45) is 0 Å². The van der Waals surface area contributed by atoms with Crippen LogP contribution >= 0.6 is 0 Å². The highest BCUT2D eigenvalue weighted by Gasteiger charge is 2.22. The van der Waals surface area contributed by atoms with E-state index in [9.17, 15) is 39.6 Å². The molecule has 2 aliphatic heterocycles. The number of benzene rings is 4. The van der Waals surface area contributed by atoms with Crippen LogP contribution in [0.4, 0.5) is 0 Å². The first-order valence-corrected chi connectivity index (χ1v) is 18.8. The van der Waals surface area contributed by atoms with Gasteiger partial charge in [-0.3, -0.25) is 4.98 Å². The molecule has 0 saturated heterocycles. The molecule has 0 aliphatic carbocycles. The molecule has 12 nitrogen and oxygen atoms in total. The van der Waals surface area contributed by atoms with Gasteiger partial charge in [0.15, 0.2) is 0 Å². The molecule has 5 heterocycles. The second-order valence-electron chi connectivity index (χ2n) is 14.3. The van der Waals surface area contributed by atoms with Crippen LogP contribution in [0, 0.1) is 0 Å². The Labute approximate surface area is 340 Å². The number of aromatic amines is 2. The molecule has 0 fully saturated rings. The Bertz CT molecular complexity index is 2920. The molecule has 12 heteroatoms. The van der Waals surface area contributed by atoms with Crippen molar-refractivity contribution in [1.29, 1.82) is 0 Å². The fourth-order valence-electron chi connectivity index (χ4n) is 7.84. The van der Waals surface area contributed by atoms with Crippen molar-refractivity contribution in [1.82, 2.24) is 19.9 Å². The molecule has 0 atom stereocenters. The molecule has 0 amide bonds. The Morgan fingerprint density at radius 2 is 0.633 bits per heavy atom. The quantitative estimate of drug-likeness (QED) is 0.0859. The standard InChI is InChI=1S/C48H32N4O8/c53-45(54)29-9-1-25(2-10-29)41-33-17-19-35(49-33)42(26-3-11-30(12-4-26)46(55)56)37-21-23-39(51-37)44(28-7-15-32(16-8-28)48(59)60)40-24-22-38(52-40)43(36-20-18-34(41)50-36)27-5-13-31(14-6-27)47(57)58/h1-21,23,50-51H,22,24H2,(H,53,54)(H,55,56)(H,57,58)(H,59,60). The Morgan fingerprint density at radius 3 is 0.917 bits per heavy atom. The monoisotopic (exact) mass is 792 g/mol. The highest BCUT2D eigenvalue weighted by Crippen LogP contribution is 2.38. The van der Waals surface area contributed by atoms with E-state index in [1.807, 2.05) is 36.4 Å². The highest BCUT2D eigenvalue weighted by molar-refractivity contribution is 5.99. The molecule has 0 radical (unpaired) electrons. The number of H-pyrrole nitrogens is 2. The summed E-state index contributed by atoms with van der Waals surface area (Å²) in [6, 6.07) is 34.0. The van der Waals surface area contributed by atoms with E-state index >= 15 is 0 Å². The summed E-state index contributed by atoms with van der Waals surface area (Å²) in [6.07, 6.45) is 4.81. The van der Waals surface area contributed by atoms with Crippen molar-refractivity contribution in [3.8, 4) is 44.5 Å². The van der Waals surface area contributed by atoms with Gasteiger partial charge < -0.3 is 30.4 Å². The summed E-state index contributed by atoms with van der Waals surface area (Å²) in [5.41, 5.74) is 11.7. The number of carbonyl (C=O) groups is 4. The number of rotatable bonds is 8. The van der Waals surface area contributed by atoms with E-state index < -0.39 is 23.9 Å². The smallest absolute Gasteiger partial charge is 0.335 e. The van der Waals surface area contributed by atoms with E-state index in [0.29, 0.717) is 68.6 Å². The van der Waals surface area contributed by atoms with Gasteiger partial charge in [0.25, 0.3) is 0 Å². The van der Waals surface area contributed by atoms with Gasteiger partial charge in [0.05, 0.1) is 45.0 Å². The number of nitrogens with one attached hydrogen (secondary N) is 2. The van der Waals surface area contributed by atoms with Crippen molar-refractivity contribution in [3.05, 3.63) is 166 Å². The van der Waals surface area contributed by atoms with Crippen molar-refractivity contribution < 1.29 is 39.6 Å². The molecule has 60 heavy (non-hydrogen) atoms. The molecule has 0 saturated carbocycles. The number of hydrogen-bond donors (Lipinski definition) is 6. The van der Waals surface area contributed by atoms with E-state index in [4.69, 9.17) is 9.97 Å². The number of nitrogens with zero attached hydrogens (tertiary/aromatic N) is 2. The van der Waals surface area contributed by atoms with Crippen LogP contribution in [0.2, 0.25) is 0 Å². The molecule has 292 valence electrons. The van der Waals surface area contributed by atoms with Crippen LogP contribution in [0.25, 0.3) is 78.7 Å². The largest absolute Gasteiger partial charge is 0.478 e. The van der Waals surface area contributed by atoms with Crippen LogP contribution in [0.1, 0.15) is 64.2 Å². The molecule has 2 aliphatic rings. The average molecular weight is 793 g/mol. The first kappa shape index (κ1) is 37.2. The van der Waals surface area contributed by atoms with Crippen LogP contribution < -0.4 is 0 Å². The lowest BCUT2D eigenvalue weighted by molar-refractivity contribution is 0.0686. The van der Waals surface area contributed by atoms with Crippen molar-refractivity contribution in [2.75, 3.05) is 0 Å². The topological polar surface area (TPSA) is 207 Å². The number of hydrogen-bond acceptors (Lipinski definition) is 6. The number of fused-ring (bicyclic) bond motifs is 8. The molecule has 9 rings (SSSR count). The van der Waals surface area contributed by atoms with Crippen LogP contribution in [-0.4, -0.2) is 64.2 Å². The van der Waals surface area contributed by atoms with Gasteiger partial charge in [0.2, 0.25) is 0 Å². The first-order chi connectivity index (χ1) is 29.0. The molecule has 8 bridgehead atoms. The SMILES string of the molecule is O=C(O)c1ccc(-c2c3nc(c(-c4ccc(C(=O)O)cc4)c4ccc([nH]4)c(-c4ccc(C(=O)O)cc4)c4nc(c(-c5ccc(C(=O)O)cc5)c5ccc2[nH]5)CC4)C=C3)cc1. The molecule has 3 aromatic heterocycles. The second-order valence-corrected chi connectivity index (χ2v) is 14.3. The molecule has 7 aromatic rings. The maximum atomic E-state index is 11.8. The van der Waals surface area contributed by atoms with E-state index in [-0.39, 0.29) is 22.3 Å². The summed E-state index contributed by atoms with van der Waals surface area (Å²) in [6.45, 7) is 0. The number of aromatic carboxylic acids is 4. The lowest BCUT2D eigenvalue weighted by Crippen LogP contribution is -1.96. The van der Waals surface area contributed by atoms with Gasteiger partial charge >= 0.3 is 23.9 Å². The third kappa shape index (κ3) is 6.77. The van der Waals surface area contributed by atoms with Crippen molar-refractivity contribution in [2.45, 2.75) is 12.8 Å². The lowest BCUT2D eigenvalue weighted by atomic mass is 9.99. The summed E-state index contributed by atoms with van der Waals surface area (Å²) >= 11 is 0. The maximum absolute atomic E-state index is 11.8. The minimum absolute atomic E-state index is 0.125. The van der Waals surface area contributed by atoms with Crippen LogP contribution in [0.15, 0.2) is 121 Å². The third-order valence-corrected chi connectivity index (χ3v) is 10.7. The summed E-state index contributed by atoms with van der Waals surface area (Å²) in [5.74, 6) is -4.21. The molecular formula is C48H32N4O8. The minimum Gasteiger partial charge on any atom is -0.478 e. The predicted molar refractivity (Wildman–Crippen MR) is 227 cm³/mol. The first-order valence-electron chi connectivity index (χ1n) is 18.8. The predicted octanol–water partition coefficient (Wildman–Crippen LogP) is 9.73. The van der Waals surface area contributed by atoms with Gasteiger partial charge in [0, 0.05) is 44.3 Å². The Hall–Kier alpha value is -8.38. The Balaban J connectivity index is 1.43. The summed E-state index contributed by atoms with van der Waals surface area (Å²) in [4.78, 5) is 65.0. The minimum atomic E-state index is -1.06. The third-order valence-electron chi connectivity index (χ3n) is 10.7. The summed E-state index contributed by atoms with van der Waals surface area (Å²) < 4.78 is 0. The number of aromatic nitrogens is 4. The van der Waals surface area contributed by atoms with Gasteiger partial charge in [-0.2, -0.15) is 0 Å². The van der Waals surface area contributed by atoms with Gasteiger partial charge in [-0.1, -0.05) is 48.5 Å². The van der Waals surface area contributed by atoms with E-state index in [0.717, 1.165) is 33.6 Å². The number of aryl methyl sites for hydroxylation is 2. The van der Waals surface area contributed by atoms with Gasteiger partial charge in [-0.05, 0) is 120 Å². The van der Waals surface area contributed by atoms with Crippen molar-refractivity contribution in [3.63, 3.8) is 0 Å². The molecule has 4 aromatic carbocycles. The average Bonchev–Trinajstić information content (AvgIpc) is 4.10. The summed E-state index contributed by atoms with van der Waals surface area (Å²) in [5, 5.41) is 38.7. The highest BCUT2D eigenvalue weighted by atomic mass is 16.4. The zero-order chi connectivity index (χ0) is 41.7. The fourth-order valence-corrected chi connectivity index (χ4v) is 7.84. The van der Waals surface area contributed by atoms with E-state index in [1.54, 1.807) is 72.8 Å². The molecule has 0 spiro atoms. The lowest BCUT2D eigenvalue weighted by Gasteiger charge is -2.08. The van der Waals surface area contributed by atoms with Crippen LogP contribution in [0.5, 0.6) is 0 Å². The van der Waals surface area contributed by atoms with E-state index in [2.05, 4.69) is 9.97 Å². The van der Waals surface area contributed by atoms with E-state index in [1.165, 1.54) is 24.3 Å². The summed E-state index contributed by atoms with van der Waals surface area (Å²) in [7, 11) is 0. The molecule has 0 unspecified atom stereocenters. The van der Waals surface area contributed by atoms with Crippen LogP contribution in [0.3, 0.4) is 0 Å².